The number of piperidine rings is 1. The van der Waals surface area contributed by atoms with Gasteiger partial charge in [0.25, 0.3) is 10.0 Å². The maximum absolute atomic E-state index is 14.9. The van der Waals surface area contributed by atoms with Gasteiger partial charge in [-0.05, 0) is 99.9 Å². The summed E-state index contributed by atoms with van der Waals surface area (Å²) in [7, 11) is -2.43. The highest BCUT2D eigenvalue weighted by Crippen LogP contribution is 2.29. The number of ether oxygens (including phenoxy) is 1. The zero-order valence-electron chi connectivity index (χ0n) is 23.9. The number of anilines is 3. The minimum absolute atomic E-state index is 0.0431. The summed E-state index contributed by atoms with van der Waals surface area (Å²) in [5.74, 6) is -0.301. The number of benzene rings is 3. The van der Waals surface area contributed by atoms with Crippen molar-refractivity contribution in [1.29, 1.82) is 0 Å². The standard InChI is InChI=1S/C31H31F2N5O5S/c1-37-15-12-22(13-16-37)14-17-42-29-11-6-23(18-27(29)33)28-19-31(35-20-34-28)36-24-7-9-25(10-8-24)38(43-21-39)44(40,41)30-5-3-2-4-26(30)32/h2-11,18-22H,12-17H2,1H3,(H,34,35,36). The molecule has 1 N–H and O–H groups in total. The molecule has 0 atom stereocenters. The molecule has 0 radical (unpaired) electrons. The molecule has 2 heterocycles. The fourth-order valence-electron chi connectivity index (χ4n) is 4.90. The average molecular weight is 624 g/mol. The Morgan fingerprint density at radius 2 is 1.75 bits per heavy atom. The van der Waals surface area contributed by atoms with Gasteiger partial charge in [0.05, 0.1) is 18.0 Å². The Kier molecular flexibility index (Phi) is 9.65. The monoisotopic (exact) mass is 623 g/mol. The van der Waals surface area contributed by atoms with Crippen molar-refractivity contribution in [1.82, 2.24) is 14.9 Å². The lowest BCUT2D eigenvalue weighted by atomic mass is 9.94. The molecule has 0 unspecified atom stereocenters. The highest BCUT2D eigenvalue weighted by atomic mass is 32.2. The van der Waals surface area contributed by atoms with E-state index in [1.807, 2.05) is 0 Å². The molecule has 0 amide bonds. The second-order valence-electron chi connectivity index (χ2n) is 10.4. The van der Waals surface area contributed by atoms with Gasteiger partial charge in [0.1, 0.15) is 22.9 Å². The number of halogens is 2. The van der Waals surface area contributed by atoms with E-state index in [0.717, 1.165) is 44.5 Å². The normalized spacial score (nSPS) is 14.2. The molecular formula is C31H31F2N5O5S. The smallest absolute Gasteiger partial charge is 0.322 e. The highest BCUT2D eigenvalue weighted by Gasteiger charge is 2.29. The van der Waals surface area contributed by atoms with Crippen LogP contribution in [0.4, 0.5) is 26.0 Å². The summed E-state index contributed by atoms with van der Waals surface area (Å²) in [6.07, 6.45) is 4.47. The number of rotatable bonds is 12. The van der Waals surface area contributed by atoms with E-state index in [0.29, 0.717) is 39.8 Å². The van der Waals surface area contributed by atoms with E-state index in [4.69, 9.17) is 9.57 Å². The Morgan fingerprint density at radius 3 is 2.45 bits per heavy atom. The number of nitrogens with one attached hydrogen (secondary N) is 1. The molecular weight excluding hydrogens is 592 g/mol. The molecule has 1 aliphatic rings. The Labute approximate surface area is 254 Å². The van der Waals surface area contributed by atoms with E-state index in [1.165, 1.54) is 48.8 Å². The number of likely N-dealkylation sites (tertiary alicyclic amines) is 1. The predicted molar refractivity (Wildman–Crippen MR) is 161 cm³/mol. The Bertz CT molecular complexity index is 1700. The molecule has 1 fully saturated rings. The summed E-state index contributed by atoms with van der Waals surface area (Å²) in [6, 6.07) is 16.9. The molecule has 230 valence electrons. The molecule has 0 spiro atoms. The number of nitrogens with zero attached hydrogens (tertiary/aromatic N) is 4. The van der Waals surface area contributed by atoms with Crippen LogP contribution in [0, 0.1) is 17.6 Å². The van der Waals surface area contributed by atoms with Gasteiger partial charge >= 0.3 is 6.47 Å². The number of hydrogen-bond donors (Lipinski definition) is 1. The van der Waals surface area contributed by atoms with E-state index in [2.05, 4.69) is 27.2 Å². The molecule has 0 bridgehead atoms. The van der Waals surface area contributed by atoms with Crippen molar-refractivity contribution in [3.05, 3.63) is 90.8 Å². The van der Waals surface area contributed by atoms with E-state index >= 15 is 0 Å². The number of sulfonamides is 1. The van der Waals surface area contributed by atoms with Crippen LogP contribution in [0.25, 0.3) is 11.3 Å². The molecule has 44 heavy (non-hydrogen) atoms. The van der Waals surface area contributed by atoms with Gasteiger partial charge in [0, 0.05) is 17.3 Å². The molecule has 5 rings (SSSR count). The van der Waals surface area contributed by atoms with Crippen molar-refractivity contribution in [2.75, 3.05) is 36.5 Å². The van der Waals surface area contributed by atoms with Crippen LogP contribution in [0.1, 0.15) is 19.3 Å². The van der Waals surface area contributed by atoms with Crippen LogP contribution in [-0.2, 0) is 19.7 Å². The third kappa shape index (κ3) is 7.29. The third-order valence-corrected chi connectivity index (χ3v) is 8.96. The van der Waals surface area contributed by atoms with Gasteiger partial charge in [0.15, 0.2) is 11.6 Å². The average Bonchev–Trinajstić information content (AvgIpc) is 3.02. The van der Waals surface area contributed by atoms with Gasteiger partial charge in [0.2, 0.25) is 0 Å². The largest absolute Gasteiger partial charge is 0.491 e. The summed E-state index contributed by atoms with van der Waals surface area (Å²) >= 11 is 0. The van der Waals surface area contributed by atoms with Crippen LogP contribution in [0.5, 0.6) is 5.75 Å². The zero-order chi connectivity index (χ0) is 31.1. The second-order valence-corrected chi connectivity index (χ2v) is 12.1. The van der Waals surface area contributed by atoms with E-state index < -0.39 is 26.6 Å². The fraction of sp³-hybridized carbons (Fsp3) is 0.258. The minimum Gasteiger partial charge on any atom is -0.491 e. The van der Waals surface area contributed by atoms with Gasteiger partial charge in [-0.1, -0.05) is 16.6 Å². The summed E-state index contributed by atoms with van der Waals surface area (Å²) in [5, 5.41) is 3.07. The second kappa shape index (κ2) is 13.8. The van der Waals surface area contributed by atoms with E-state index in [-0.39, 0.29) is 17.9 Å². The van der Waals surface area contributed by atoms with Crippen LogP contribution in [-0.4, -0.2) is 56.5 Å². The number of carbonyl (C=O) groups excluding carboxylic acids is 1. The van der Waals surface area contributed by atoms with Crippen molar-refractivity contribution < 1.29 is 31.6 Å². The van der Waals surface area contributed by atoms with Crippen LogP contribution < -0.4 is 14.5 Å². The first kappa shape index (κ1) is 30.8. The lowest BCUT2D eigenvalue weighted by molar-refractivity contribution is -0.128. The molecule has 13 heteroatoms. The highest BCUT2D eigenvalue weighted by molar-refractivity contribution is 7.92. The number of carbonyl (C=O) groups is 1. The maximum atomic E-state index is 14.9. The Hall–Kier alpha value is -4.62. The SMILES string of the molecule is CN1CCC(CCOc2ccc(-c3cc(Nc4ccc(N(OC=O)S(=O)(=O)c5ccccc5F)cc4)ncn3)cc2F)CC1. The topological polar surface area (TPSA) is 114 Å². The molecule has 1 saturated heterocycles. The lowest BCUT2D eigenvalue weighted by Gasteiger charge is -2.28. The molecule has 4 aromatic rings. The van der Waals surface area contributed by atoms with Gasteiger partial charge < -0.3 is 19.8 Å². The first-order valence-corrected chi connectivity index (χ1v) is 15.4. The molecule has 0 saturated carbocycles. The van der Waals surface area contributed by atoms with Gasteiger partial charge in [-0.3, -0.25) is 4.79 Å². The fourth-order valence-corrected chi connectivity index (χ4v) is 6.19. The predicted octanol–water partition coefficient (Wildman–Crippen LogP) is 5.56. The molecule has 3 aromatic carbocycles. The van der Waals surface area contributed by atoms with Crippen molar-refractivity contribution in [3.63, 3.8) is 0 Å². The van der Waals surface area contributed by atoms with E-state index in [9.17, 15) is 22.0 Å². The van der Waals surface area contributed by atoms with Crippen molar-refractivity contribution >= 4 is 33.7 Å². The van der Waals surface area contributed by atoms with Crippen LogP contribution in [0.15, 0.2) is 84.0 Å². The Morgan fingerprint density at radius 1 is 1.00 bits per heavy atom. The minimum atomic E-state index is -4.55. The van der Waals surface area contributed by atoms with Gasteiger partial charge in [-0.2, -0.15) is 8.42 Å². The maximum Gasteiger partial charge on any atom is 0.322 e. The number of aromatic nitrogens is 2. The number of hydrogen-bond acceptors (Lipinski definition) is 9. The molecule has 1 aromatic heterocycles. The van der Waals surface area contributed by atoms with E-state index in [1.54, 1.807) is 18.2 Å². The molecule has 1 aliphatic heterocycles. The lowest BCUT2D eigenvalue weighted by Crippen LogP contribution is -2.31. The van der Waals surface area contributed by atoms with Gasteiger partial charge in [-0.15, -0.1) is 0 Å². The van der Waals surface area contributed by atoms with Crippen LogP contribution >= 0.6 is 0 Å². The quantitative estimate of drug-likeness (QED) is 0.160. The summed E-state index contributed by atoms with van der Waals surface area (Å²) in [6.45, 7) is 2.54. The third-order valence-electron chi connectivity index (χ3n) is 7.34. The summed E-state index contributed by atoms with van der Waals surface area (Å²) in [4.78, 5) is 25.9. The van der Waals surface area contributed by atoms with Crippen molar-refractivity contribution in [2.45, 2.75) is 24.2 Å². The van der Waals surface area contributed by atoms with Crippen molar-refractivity contribution in [3.8, 4) is 17.0 Å². The van der Waals surface area contributed by atoms with Gasteiger partial charge in [-0.25, -0.2) is 18.7 Å². The zero-order valence-corrected chi connectivity index (χ0v) is 24.7. The molecule has 10 nitrogen and oxygen atoms in total. The molecule has 0 aliphatic carbocycles. The summed E-state index contributed by atoms with van der Waals surface area (Å²) < 4.78 is 61.2. The Balaban J connectivity index is 1.24. The first-order chi connectivity index (χ1) is 21.2. The van der Waals surface area contributed by atoms with Crippen molar-refractivity contribution in [2.24, 2.45) is 5.92 Å². The van der Waals surface area contributed by atoms with Crippen LogP contribution in [0.2, 0.25) is 0 Å². The first-order valence-electron chi connectivity index (χ1n) is 14.0. The summed E-state index contributed by atoms with van der Waals surface area (Å²) in [5.41, 5.74) is 1.47. The van der Waals surface area contributed by atoms with Crippen LogP contribution in [0.3, 0.4) is 0 Å².